The molecule has 0 atom stereocenters. The predicted molar refractivity (Wildman–Crippen MR) is 329 cm³/mol. The summed E-state index contributed by atoms with van der Waals surface area (Å²) in [6.07, 6.45) is 0.412. The van der Waals surface area contributed by atoms with Crippen LogP contribution in [0.1, 0.15) is 74.3 Å². The van der Waals surface area contributed by atoms with Gasteiger partial charge < -0.3 is 50.2 Å². The molecule has 88 heavy (non-hydrogen) atoms. The molecule has 0 fully saturated rings. The van der Waals surface area contributed by atoms with Gasteiger partial charge in [0.25, 0.3) is 0 Å². The number of benzene rings is 6. The Balaban J connectivity index is 0.000000146. The first-order valence-electron chi connectivity index (χ1n) is 27.9. The first-order chi connectivity index (χ1) is 41.7. The molecule has 25 heteroatoms. The number of hydrogen-bond donors (Lipinski definition) is 6. The van der Waals surface area contributed by atoms with Gasteiger partial charge in [-0.05, 0) is 118 Å². The number of phenolic OH excluding ortho intramolecular Hbond substituents is 3. The van der Waals surface area contributed by atoms with Crippen LogP contribution in [0.4, 0.5) is 17.1 Å². The molecular formula is C63H66N12O13. The van der Waals surface area contributed by atoms with E-state index in [1.54, 1.807) is 74.5 Å². The number of nitrogens with one attached hydrogen (secondary N) is 3. The third-order valence-corrected chi connectivity index (χ3v) is 13.9. The number of fused-ring (bicyclic) bond motifs is 12. The molecule has 0 unspecified atom stereocenters. The number of esters is 3. The standard InChI is InChI=1S/C22H24N4O5.C22H24N4O4.C19H18N4O4/c1-13(2)21(28)23-15-5-7-17-19(11-15)26-24(17)25(26)18-8-6-16(12-20(18)27)30-9-10-31-22(29)14(3)4;1-12(2)20(28)30-19-11-18(27)17(9-13(19)3)26-24-15-8-7-14(10-16(15)25(24)26)23-21(29)22(4,5)6;1-4-18(25)20-12-5-7-14-16(9-12)23-21(14)22(23)15-8-6-13(10-17(15)24)27-19(26)11(2)3/h5-8,11-13,27H,3,9-10H2,1-2,4H3,(H,23,28);7-11,27H,1H2,2-6H3,(H,23,29);5-10,24H,2,4H2,1,3H3,(H,20,25). The first kappa shape index (κ1) is 59.9. The van der Waals surface area contributed by atoms with Crippen molar-refractivity contribution in [2.45, 2.75) is 75.7 Å². The summed E-state index contributed by atoms with van der Waals surface area (Å²) in [5.74, 6) is -0.815. The fourth-order valence-electron chi connectivity index (χ4n) is 8.96. The minimum atomic E-state index is -0.546. The van der Waals surface area contributed by atoms with Crippen molar-refractivity contribution in [2.24, 2.45) is 11.3 Å². The van der Waals surface area contributed by atoms with Gasteiger partial charge in [-0.15, -0.1) is 42.2 Å². The van der Waals surface area contributed by atoms with Crippen LogP contribution in [0.2, 0.25) is 0 Å². The van der Waals surface area contributed by atoms with E-state index in [1.165, 1.54) is 18.2 Å². The monoisotopic (exact) mass is 1200 g/mol. The number of hydrogen-bond acceptors (Lipinski definition) is 13. The van der Waals surface area contributed by atoms with Gasteiger partial charge in [0, 0.05) is 69.7 Å². The second-order valence-corrected chi connectivity index (χ2v) is 22.5. The van der Waals surface area contributed by atoms with Crippen molar-refractivity contribution in [1.82, 2.24) is 42.2 Å². The molecule has 0 aliphatic heterocycles. The van der Waals surface area contributed by atoms with Crippen molar-refractivity contribution in [3.05, 3.63) is 145 Å². The zero-order valence-corrected chi connectivity index (χ0v) is 50.1. The van der Waals surface area contributed by atoms with E-state index < -0.39 is 23.3 Å². The molecule has 0 radical (unpaired) electrons. The smallest absolute Gasteiger partial charge is 0.338 e. The Morgan fingerprint density at radius 1 is 0.511 bits per heavy atom. The van der Waals surface area contributed by atoms with Crippen LogP contribution in [0, 0.1) is 18.3 Å². The maximum atomic E-state index is 12.2. The zero-order chi connectivity index (χ0) is 63.5. The van der Waals surface area contributed by atoms with Crippen molar-refractivity contribution in [2.75, 3.05) is 29.2 Å². The molecule has 6 aromatic heterocycles. The van der Waals surface area contributed by atoms with Crippen LogP contribution in [0.15, 0.2) is 140 Å². The summed E-state index contributed by atoms with van der Waals surface area (Å²) in [7, 11) is 0. The van der Waals surface area contributed by atoms with Gasteiger partial charge in [-0.2, -0.15) is 0 Å². The summed E-state index contributed by atoms with van der Waals surface area (Å²) in [5.41, 5.74) is 10.6. The highest BCUT2D eigenvalue weighted by Crippen LogP contribution is 2.38. The fraction of sp³-hybridized carbons (Fsp3) is 0.238. The molecule has 0 saturated carbocycles. The molecule has 0 spiro atoms. The molecule has 0 saturated heterocycles. The molecule has 12 rings (SSSR count). The lowest BCUT2D eigenvalue weighted by molar-refractivity contribution is -0.139. The molecule has 6 N–H and O–H groups in total. The number of ether oxygens (including phenoxy) is 4. The topological polar surface area (TPSA) is 277 Å². The fourth-order valence-corrected chi connectivity index (χ4v) is 8.96. The van der Waals surface area contributed by atoms with Gasteiger partial charge in [0.2, 0.25) is 17.7 Å². The maximum Gasteiger partial charge on any atom is 0.338 e. The van der Waals surface area contributed by atoms with Gasteiger partial charge in [0.05, 0.1) is 0 Å². The molecule has 6 aromatic carbocycles. The molecule has 456 valence electrons. The van der Waals surface area contributed by atoms with Gasteiger partial charge in [-0.1, -0.05) is 61.3 Å². The van der Waals surface area contributed by atoms with E-state index in [9.17, 15) is 44.1 Å². The number of carbonyl (C=O) groups is 6. The number of aromatic nitrogens is 9. The summed E-state index contributed by atoms with van der Waals surface area (Å²) in [4.78, 5) is 75.8. The van der Waals surface area contributed by atoms with Crippen LogP contribution in [-0.4, -0.2) is 106 Å². The number of anilines is 3. The van der Waals surface area contributed by atoms with Crippen molar-refractivity contribution in [3.8, 4) is 51.6 Å². The van der Waals surface area contributed by atoms with Crippen LogP contribution < -0.4 is 30.2 Å². The average Bonchev–Trinajstić information content (AvgIpc) is 1.53. The number of aromatic hydroxyl groups is 3. The lowest BCUT2D eigenvalue weighted by Gasteiger charge is -2.17. The minimum absolute atomic E-state index is 0.0216. The molecular weight excluding hydrogens is 1130 g/mol. The Kier molecular flexibility index (Phi) is 15.6. The Labute approximate surface area is 502 Å². The number of phenols is 3. The summed E-state index contributed by atoms with van der Waals surface area (Å²) >= 11 is 0. The molecule has 0 aliphatic carbocycles. The zero-order valence-electron chi connectivity index (χ0n) is 50.1. The molecule has 0 aliphatic rings. The third-order valence-electron chi connectivity index (χ3n) is 13.9. The molecule has 12 aromatic rings. The third kappa shape index (κ3) is 11.7. The summed E-state index contributed by atoms with van der Waals surface area (Å²) in [6.45, 7) is 28.4. The Bertz CT molecular complexity index is 4720. The largest absolute Gasteiger partial charge is 0.505 e. The SMILES string of the molecule is C=C(C)C(=O)OCCOc1ccc(-n2n3c4ccc(NC(=O)C(C)C)cc4n23)c(O)c1.C=C(C)C(=O)Oc1cc(O)c(-n2n3c4ccc(NC(=O)C(C)(C)C)cc4n23)cc1C.C=C(C)C(=O)Oc1ccc(-n2n3c4ccc(NC(=O)CC)cc4n23)c(O)c1. The van der Waals surface area contributed by atoms with Crippen LogP contribution >= 0.6 is 0 Å². The quantitative estimate of drug-likeness (QED) is 0.0214. The first-order valence-corrected chi connectivity index (χ1v) is 27.9. The molecule has 3 amide bonds. The van der Waals surface area contributed by atoms with Crippen LogP contribution in [0.3, 0.4) is 0 Å². The van der Waals surface area contributed by atoms with Crippen molar-refractivity contribution >= 4 is 85.8 Å². The minimum Gasteiger partial charge on any atom is -0.505 e. The highest BCUT2D eigenvalue weighted by Gasteiger charge is 2.30. The van der Waals surface area contributed by atoms with Crippen molar-refractivity contribution in [1.29, 1.82) is 0 Å². The van der Waals surface area contributed by atoms with Crippen LogP contribution in [0.5, 0.6) is 34.5 Å². The van der Waals surface area contributed by atoms with Gasteiger partial charge in [0.1, 0.15) is 97.9 Å². The second-order valence-electron chi connectivity index (χ2n) is 22.5. The summed E-state index contributed by atoms with van der Waals surface area (Å²) < 4.78 is 32.1. The maximum absolute atomic E-state index is 12.2. The van der Waals surface area contributed by atoms with Gasteiger partial charge >= 0.3 is 17.9 Å². The van der Waals surface area contributed by atoms with Crippen molar-refractivity contribution < 1.29 is 63.0 Å². The number of aryl methyl sites for hydroxylation is 1. The predicted octanol–water partition coefficient (Wildman–Crippen LogP) is 10.1. The van der Waals surface area contributed by atoms with E-state index >= 15 is 0 Å². The van der Waals surface area contributed by atoms with Gasteiger partial charge in [-0.3, -0.25) is 14.4 Å². The lowest BCUT2D eigenvalue weighted by Crippen LogP contribution is -2.27. The molecule has 0 bridgehead atoms. The second kappa shape index (κ2) is 23.0. The number of amides is 3. The number of nitrogens with zero attached hydrogens (tertiary/aromatic N) is 9. The summed E-state index contributed by atoms with van der Waals surface area (Å²) in [5, 5.41) is 40.0. The van der Waals surface area contributed by atoms with E-state index in [0.717, 1.165) is 44.5 Å². The lowest BCUT2D eigenvalue weighted by atomic mass is 9.95. The highest BCUT2D eigenvalue weighted by molar-refractivity contribution is 5.98. The average molecular weight is 1200 g/mol. The van der Waals surface area contributed by atoms with Crippen molar-refractivity contribution in [3.63, 3.8) is 0 Å². The van der Waals surface area contributed by atoms with E-state index in [4.69, 9.17) is 18.9 Å². The Hall–Kier alpha value is -11.2. The summed E-state index contributed by atoms with van der Waals surface area (Å²) in [6, 6.07) is 29.7. The Morgan fingerprint density at radius 3 is 1.41 bits per heavy atom. The van der Waals surface area contributed by atoms with E-state index in [-0.39, 0.29) is 76.7 Å². The number of rotatable bonds is 17. The highest BCUT2D eigenvalue weighted by atomic mass is 16.6. The van der Waals surface area contributed by atoms with Gasteiger partial charge in [0.15, 0.2) is 0 Å². The molecule has 6 heterocycles. The van der Waals surface area contributed by atoms with E-state index in [2.05, 4.69) is 35.7 Å². The van der Waals surface area contributed by atoms with Crippen LogP contribution in [-0.2, 0) is 33.5 Å². The van der Waals surface area contributed by atoms with Gasteiger partial charge in [-0.25, -0.2) is 14.4 Å². The number of carbonyl (C=O) groups excluding carboxylic acids is 6. The van der Waals surface area contributed by atoms with E-state index in [1.807, 2.05) is 122 Å². The van der Waals surface area contributed by atoms with Crippen LogP contribution in [0.25, 0.3) is 50.2 Å². The Morgan fingerprint density at radius 2 is 0.943 bits per heavy atom. The van der Waals surface area contributed by atoms with E-state index in [0.29, 0.717) is 46.1 Å². The normalized spacial score (nSPS) is 11.6. The molecule has 25 nitrogen and oxygen atoms in total.